The SMILES string of the molecule is Cc1cc(C)c(C)c(OCCC(=O)N2CC[C@@H](N)C2)c1.Cl. The summed E-state index contributed by atoms with van der Waals surface area (Å²) in [6, 6.07) is 4.30. The van der Waals surface area contributed by atoms with E-state index in [1.54, 1.807) is 0 Å². The van der Waals surface area contributed by atoms with Gasteiger partial charge in [-0.1, -0.05) is 6.07 Å². The highest BCUT2D eigenvalue weighted by Crippen LogP contribution is 2.23. The Morgan fingerprint density at radius 1 is 1.38 bits per heavy atom. The van der Waals surface area contributed by atoms with Crippen molar-refractivity contribution in [3.05, 3.63) is 28.8 Å². The molecule has 0 spiro atoms. The van der Waals surface area contributed by atoms with E-state index in [4.69, 9.17) is 10.5 Å². The first-order chi connectivity index (χ1) is 9.47. The summed E-state index contributed by atoms with van der Waals surface area (Å²) in [5.74, 6) is 1.02. The van der Waals surface area contributed by atoms with Crippen molar-refractivity contribution >= 4 is 18.3 Å². The minimum atomic E-state index is 0. The Hall–Kier alpha value is -1.26. The highest BCUT2D eigenvalue weighted by molar-refractivity contribution is 5.85. The number of amides is 1. The van der Waals surface area contributed by atoms with Crippen LogP contribution in [0.2, 0.25) is 0 Å². The molecular formula is C16H25ClN2O2. The number of hydrogen-bond acceptors (Lipinski definition) is 3. The fraction of sp³-hybridized carbons (Fsp3) is 0.562. The van der Waals surface area contributed by atoms with Crippen molar-refractivity contribution in [2.75, 3.05) is 19.7 Å². The third kappa shape index (κ3) is 4.61. The number of aryl methyl sites for hydroxylation is 2. The molecule has 1 aromatic rings. The monoisotopic (exact) mass is 312 g/mol. The van der Waals surface area contributed by atoms with Crippen LogP contribution in [0.4, 0.5) is 0 Å². The molecule has 21 heavy (non-hydrogen) atoms. The molecule has 1 saturated heterocycles. The van der Waals surface area contributed by atoms with Crippen LogP contribution in [0, 0.1) is 20.8 Å². The summed E-state index contributed by atoms with van der Waals surface area (Å²) in [7, 11) is 0. The zero-order valence-corrected chi connectivity index (χ0v) is 13.8. The second-order valence-corrected chi connectivity index (χ2v) is 5.69. The fourth-order valence-electron chi connectivity index (χ4n) is 2.57. The van der Waals surface area contributed by atoms with Crippen molar-refractivity contribution in [1.29, 1.82) is 0 Å². The minimum absolute atomic E-state index is 0. The van der Waals surface area contributed by atoms with E-state index < -0.39 is 0 Å². The van der Waals surface area contributed by atoms with Gasteiger partial charge in [-0.3, -0.25) is 4.79 Å². The highest BCUT2D eigenvalue weighted by atomic mass is 35.5. The van der Waals surface area contributed by atoms with Crippen LogP contribution in [-0.4, -0.2) is 36.5 Å². The van der Waals surface area contributed by atoms with E-state index in [0.29, 0.717) is 19.6 Å². The molecule has 0 aliphatic carbocycles. The first kappa shape index (κ1) is 17.8. The predicted molar refractivity (Wildman–Crippen MR) is 87.2 cm³/mol. The van der Waals surface area contributed by atoms with Gasteiger partial charge in [0.1, 0.15) is 5.75 Å². The minimum Gasteiger partial charge on any atom is -0.493 e. The molecule has 1 aliphatic heterocycles. The van der Waals surface area contributed by atoms with E-state index >= 15 is 0 Å². The average Bonchev–Trinajstić information content (AvgIpc) is 2.81. The van der Waals surface area contributed by atoms with Crippen LogP contribution in [0.25, 0.3) is 0 Å². The third-order valence-corrected chi connectivity index (χ3v) is 3.91. The van der Waals surface area contributed by atoms with Gasteiger partial charge in [-0.25, -0.2) is 0 Å². The number of halogens is 1. The summed E-state index contributed by atoms with van der Waals surface area (Å²) in [5, 5.41) is 0. The Bertz CT molecular complexity index is 505. The topological polar surface area (TPSA) is 55.6 Å². The van der Waals surface area contributed by atoms with Crippen molar-refractivity contribution in [2.45, 2.75) is 39.7 Å². The summed E-state index contributed by atoms with van der Waals surface area (Å²) in [6.07, 6.45) is 1.32. The van der Waals surface area contributed by atoms with Gasteiger partial charge in [0.25, 0.3) is 0 Å². The van der Waals surface area contributed by atoms with Gasteiger partial charge in [-0.05, 0) is 49.9 Å². The van der Waals surface area contributed by atoms with Gasteiger partial charge in [0.2, 0.25) is 5.91 Å². The average molecular weight is 313 g/mol. The predicted octanol–water partition coefficient (Wildman–Crippen LogP) is 2.36. The standard InChI is InChI=1S/C16H24N2O2.ClH/c1-11-8-12(2)13(3)15(9-11)20-7-5-16(19)18-6-4-14(17)10-18;/h8-9,14H,4-7,10,17H2,1-3H3;1H/t14-;/m1./s1. The number of likely N-dealkylation sites (tertiary alicyclic amines) is 1. The van der Waals surface area contributed by atoms with Crippen molar-refractivity contribution in [3.8, 4) is 5.75 Å². The number of carbonyl (C=O) groups excluding carboxylic acids is 1. The zero-order valence-electron chi connectivity index (χ0n) is 13.0. The lowest BCUT2D eigenvalue weighted by atomic mass is 10.1. The molecule has 0 unspecified atom stereocenters. The molecule has 0 aromatic heterocycles. The van der Waals surface area contributed by atoms with Gasteiger partial charge < -0.3 is 15.4 Å². The molecule has 1 aromatic carbocycles. The lowest BCUT2D eigenvalue weighted by Crippen LogP contribution is -2.32. The molecule has 1 aliphatic rings. The molecule has 0 saturated carbocycles. The largest absolute Gasteiger partial charge is 0.493 e. The van der Waals surface area contributed by atoms with E-state index in [0.717, 1.165) is 24.3 Å². The Labute approximate surface area is 133 Å². The number of benzene rings is 1. The molecule has 1 amide bonds. The smallest absolute Gasteiger partial charge is 0.226 e. The van der Waals surface area contributed by atoms with Crippen molar-refractivity contribution < 1.29 is 9.53 Å². The molecule has 0 bridgehead atoms. The van der Waals surface area contributed by atoms with E-state index in [9.17, 15) is 4.79 Å². The van der Waals surface area contributed by atoms with Crippen molar-refractivity contribution in [1.82, 2.24) is 4.90 Å². The highest BCUT2D eigenvalue weighted by Gasteiger charge is 2.23. The Morgan fingerprint density at radius 2 is 2.10 bits per heavy atom. The van der Waals surface area contributed by atoms with Gasteiger partial charge in [0.15, 0.2) is 0 Å². The van der Waals surface area contributed by atoms with Crippen LogP contribution >= 0.6 is 12.4 Å². The summed E-state index contributed by atoms with van der Waals surface area (Å²) in [4.78, 5) is 13.8. The Kier molecular flexibility index (Phi) is 6.49. The van der Waals surface area contributed by atoms with Gasteiger partial charge in [-0.2, -0.15) is 0 Å². The molecular weight excluding hydrogens is 288 g/mol. The van der Waals surface area contributed by atoms with Crippen molar-refractivity contribution in [2.24, 2.45) is 5.73 Å². The number of ether oxygens (including phenoxy) is 1. The fourth-order valence-corrected chi connectivity index (χ4v) is 2.57. The third-order valence-electron chi connectivity index (χ3n) is 3.91. The number of nitrogens with zero attached hydrogens (tertiary/aromatic N) is 1. The summed E-state index contributed by atoms with van der Waals surface area (Å²) >= 11 is 0. The van der Waals surface area contributed by atoms with Gasteiger partial charge in [0, 0.05) is 19.1 Å². The van der Waals surface area contributed by atoms with E-state index in [1.807, 2.05) is 17.9 Å². The van der Waals surface area contributed by atoms with E-state index in [-0.39, 0.29) is 24.4 Å². The molecule has 1 atom stereocenters. The molecule has 1 heterocycles. The molecule has 4 nitrogen and oxygen atoms in total. The first-order valence-electron chi connectivity index (χ1n) is 7.21. The second-order valence-electron chi connectivity index (χ2n) is 5.69. The lowest BCUT2D eigenvalue weighted by Gasteiger charge is -2.17. The number of rotatable bonds is 4. The van der Waals surface area contributed by atoms with Gasteiger partial charge in [-0.15, -0.1) is 12.4 Å². The number of nitrogens with two attached hydrogens (primary N) is 1. The van der Waals surface area contributed by atoms with E-state index in [1.165, 1.54) is 11.1 Å². The Morgan fingerprint density at radius 3 is 2.71 bits per heavy atom. The van der Waals surface area contributed by atoms with Gasteiger partial charge in [0.05, 0.1) is 13.0 Å². The maximum atomic E-state index is 12.0. The maximum Gasteiger partial charge on any atom is 0.226 e. The molecule has 5 heteroatoms. The van der Waals surface area contributed by atoms with Crippen molar-refractivity contribution in [3.63, 3.8) is 0 Å². The maximum absolute atomic E-state index is 12.0. The summed E-state index contributed by atoms with van der Waals surface area (Å²) < 4.78 is 5.78. The molecule has 0 radical (unpaired) electrons. The first-order valence-corrected chi connectivity index (χ1v) is 7.21. The molecule has 1 fully saturated rings. The number of hydrogen-bond donors (Lipinski definition) is 1. The lowest BCUT2D eigenvalue weighted by molar-refractivity contribution is -0.130. The normalized spacial score (nSPS) is 17.5. The number of carbonyl (C=O) groups is 1. The molecule has 2 N–H and O–H groups in total. The Balaban J connectivity index is 0.00000220. The summed E-state index contributed by atoms with van der Waals surface area (Å²) in [6.45, 7) is 8.06. The quantitative estimate of drug-likeness (QED) is 0.928. The van der Waals surface area contributed by atoms with E-state index in [2.05, 4.69) is 19.9 Å². The van der Waals surface area contributed by atoms with Crippen LogP contribution in [0.5, 0.6) is 5.75 Å². The van der Waals surface area contributed by atoms with Crippen LogP contribution in [0.1, 0.15) is 29.5 Å². The molecule has 118 valence electrons. The van der Waals surface area contributed by atoms with Crippen LogP contribution in [0.3, 0.4) is 0 Å². The van der Waals surface area contributed by atoms with Gasteiger partial charge >= 0.3 is 0 Å². The van der Waals surface area contributed by atoms with Crippen LogP contribution in [-0.2, 0) is 4.79 Å². The summed E-state index contributed by atoms with van der Waals surface area (Å²) in [5.41, 5.74) is 9.36. The van der Waals surface area contributed by atoms with Crippen LogP contribution < -0.4 is 10.5 Å². The van der Waals surface area contributed by atoms with Crippen LogP contribution in [0.15, 0.2) is 12.1 Å². The zero-order chi connectivity index (χ0) is 14.7. The molecule has 2 rings (SSSR count). The second kappa shape index (κ2) is 7.66.